The van der Waals surface area contributed by atoms with Gasteiger partial charge in [0.05, 0.1) is 18.1 Å². The van der Waals surface area contributed by atoms with E-state index in [1.54, 1.807) is 62.7 Å². The van der Waals surface area contributed by atoms with Crippen LogP contribution in [0.25, 0.3) is 21.8 Å². The Kier molecular flexibility index (Phi) is 7.43. The number of hydrogen-bond acceptors (Lipinski definition) is 5. The smallest absolute Gasteiger partial charge is 0.332 e. The third-order valence-electron chi connectivity index (χ3n) is 6.67. The Hall–Kier alpha value is -4.83. The van der Waals surface area contributed by atoms with Gasteiger partial charge in [0.1, 0.15) is 11.8 Å². The first-order valence-electron chi connectivity index (χ1n) is 12.6. The molecule has 4 aromatic carbocycles. The first-order chi connectivity index (χ1) is 19.3. The van der Waals surface area contributed by atoms with Gasteiger partial charge in [-0.3, -0.25) is 4.79 Å². The number of ether oxygens (including phenoxy) is 1. The number of nitrogens with one attached hydrogen (secondary N) is 2. The summed E-state index contributed by atoms with van der Waals surface area (Å²) in [4.78, 5) is 28.2. The lowest BCUT2D eigenvalue weighted by Crippen LogP contribution is -2.53. The summed E-state index contributed by atoms with van der Waals surface area (Å²) < 4.78 is 35.5. The molecular formula is C30H28N4O5S. The van der Waals surface area contributed by atoms with E-state index >= 15 is 0 Å². The van der Waals surface area contributed by atoms with Crippen molar-refractivity contribution in [1.29, 1.82) is 0 Å². The first-order valence-corrected chi connectivity index (χ1v) is 14.0. The maximum absolute atomic E-state index is 13.6. The predicted octanol–water partition coefficient (Wildman–Crippen LogP) is 4.47. The first kappa shape index (κ1) is 26.8. The highest BCUT2D eigenvalue weighted by molar-refractivity contribution is 7.88. The Morgan fingerprint density at radius 1 is 0.825 bits per heavy atom. The fourth-order valence-corrected chi connectivity index (χ4v) is 5.93. The summed E-state index contributed by atoms with van der Waals surface area (Å²) >= 11 is 0. The summed E-state index contributed by atoms with van der Waals surface area (Å²) in [5, 5.41) is 4.07. The number of hydrogen-bond donors (Lipinski definition) is 2. The van der Waals surface area contributed by atoms with Crippen molar-refractivity contribution in [1.82, 2.24) is 14.0 Å². The zero-order valence-corrected chi connectivity index (χ0v) is 22.8. The van der Waals surface area contributed by atoms with Crippen LogP contribution in [0.5, 0.6) is 5.75 Å². The van der Waals surface area contributed by atoms with E-state index in [2.05, 4.69) is 10.0 Å². The molecule has 1 aromatic heterocycles. The van der Waals surface area contributed by atoms with Crippen molar-refractivity contribution in [2.45, 2.75) is 12.5 Å². The maximum Gasteiger partial charge on any atom is 0.332 e. The van der Waals surface area contributed by atoms with E-state index in [0.29, 0.717) is 22.5 Å². The van der Waals surface area contributed by atoms with E-state index in [1.807, 2.05) is 54.6 Å². The number of methoxy groups -OCH3 is 1. The van der Waals surface area contributed by atoms with Crippen LogP contribution in [0.15, 0.2) is 103 Å². The predicted molar refractivity (Wildman–Crippen MR) is 156 cm³/mol. The van der Waals surface area contributed by atoms with Gasteiger partial charge >= 0.3 is 16.2 Å². The molecule has 0 aliphatic rings. The quantitative estimate of drug-likeness (QED) is 0.293. The maximum atomic E-state index is 13.6. The van der Waals surface area contributed by atoms with Gasteiger partial charge in [-0.2, -0.15) is 8.42 Å². The number of anilines is 1. The minimum absolute atomic E-state index is 0.156. The van der Waals surface area contributed by atoms with Crippen molar-refractivity contribution in [2.24, 2.45) is 0 Å². The molecule has 0 saturated carbocycles. The zero-order valence-electron chi connectivity index (χ0n) is 21.9. The number of urea groups is 1. The van der Waals surface area contributed by atoms with Crippen molar-refractivity contribution >= 4 is 49.6 Å². The van der Waals surface area contributed by atoms with Gasteiger partial charge < -0.3 is 15.0 Å². The molecular weight excluding hydrogens is 528 g/mol. The van der Waals surface area contributed by atoms with Crippen molar-refractivity contribution in [3.05, 3.63) is 109 Å². The fourth-order valence-electron chi connectivity index (χ4n) is 4.71. The number of rotatable bonds is 8. The van der Waals surface area contributed by atoms with E-state index in [1.165, 1.54) is 4.90 Å². The molecule has 0 saturated heterocycles. The molecule has 1 atom stereocenters. The lowest BCUT2D eigenvalue weighted by Gasteiger charge is -2.25. The highest BCUT2D eigenvalue weighted by Crippen LogP contribution is 2.29. The number of amides is 3. The van der Waals surface area contributed by atoms with Gasteiger partial charge in [0.25, 0.3) is 0 Å². The molecule has 0 bridgehead atoms. The van der Waals surface area contributed by atoms with E-state index < -0.39 is 28.2 Å². The number of benzene rings is 4. The largest absolute Gasteiger partial charge is 0.497 e. The third-order valence-corrected chi connectivity index (χ3v) is 7.99. The average Bonchev–Trinajstić information content (AvgIpc) is 3.32. The van der Waals surface area contributed by atoms with Gasteiger partial charge in [-0.1, -0.05) is 66.7 Å². The molecule has 1 heterocycles. The molecule has 204 valence electrons. The number of carbonyl (C=O) groups is 2. The Morgan fingerprint density at radius 2 is 1.38 bits per heavy atom. The van der Waals surface area contributed by atoms with Gasteiger partial charge in [0, 0.05) is 29.9 Å². The van der Waals surface area contributed by atoms with E-state index in [4.69, 9.17) is 4.74 Å². The van der Waals surface area contributed by atoms with Gasteiger partial charge in [-0.25, -0.2) is 13.5 Å². The summed E-state index contributed by atoms with van der Waals surface area (Å²) in [7, 11) is -1.23. The number of fused-ring (bicyclic) bond motifs is 3. The molecule has 10 heteroatoms. The minimum atomic E-state index is -4.38. The van der Waals surface area contributed by atoms with E-state index in [9.17, 15) is 18.0 Å². The topological polar surface area (TPSA) is 110 Å². The van der Waals surface area contributed by atoms with Crippen LogP contribution in [0, 0.1) is 0 Å². The van der Waals surface area contributed by atoms with Gasteiger partial charge in [0.2, 0.25) is 5.91 Å². The molecule has 0 fully saturated rings. The van der Waals surface area contributed by atoms with Crippen LogP contribution in [0.3, 0.4) is 0 Å². The summed E-state index contributed by atoms with van der Waals surface area (Å²) in [6.45, 7) is 0. The van der Waals surface area contributed by atoms with E-state index in [-0.39, 0.29) is 6.42 Å². The molecule has 0 aliphatic heterocycles. The lowest BCUT2D eigenvalue weighted by atomic mass is 10.0. The van der Waals surface area contributed by atoms with Gasteiger partial charge in [0.15, 0.2) is 0 Å². The van der Waals surface area contributed by atoms with Crippen LogP contribution in [-0.4, -0.2) is 44.5 Å². The number of aromatic nitrogens is 1. The Balaban J connectivity index is 1.43. The average molecular weight is 557 g/mol. The van der Waals surface area contributed by atoms with Crippen LogP contribution in [-0.2, 0) is 21.4 Å². The molecule has 5 rings (SSSR count). The van der Waals surface area contributed by atoms with Gasteiger partial charge in [-0.15, -0.1) is 0 Å². The molecule has 0 aliphatic carbocycles. The van der Waals surface area contributed by atoms with Crippen LogP contribution >= 0.6 is 0 Å². The van der Waals surface area contributed by atoms with E-state index in [0.717, 1.165) is 20.3 Å². The summed E-state index contributed by atoms with van der Waals surface area (Å²) in [6.07, 6.45) is 0.156. The normalized spacial score (nSPS) is 12.2. The second-order valence-electron chi connectivity index (χ2n) is 9.22. The zero-order chi connectivity index (χ0) is 28.3. The monoisotopic (exact) mass is 556 g/mol. The SMILES string of the molecule is COc1ccc(N(C)C(=O)[C@H](Cc2ccccc2)NC(=O)NS(=O)(=O)n2c3ccccc3c3ccccc32)cc1. The van der Waals surface area contributed by atoms with Crippen molar-refractivity contribution in [3.8, 4) is 5.75 Å². The van der Waals surface area contributed by atoms with Crippen LogP contribution in [0.2, 0.25) is 0 Å². The van der Waals surface area contributed by atoms with Crippen molar-refractivity contribution < 1.29 is 22.7 Å². The summed E-state index contributed by atoms with van der Waals surface area (Å²) in [5.74, 6) is 0.219. The standard InChI is InChI=1S/C30H28N4O5S/c1-33(22-16-18-23(39-2)19-17-22)29(35)26(20-21-10-4-3-5-11-21)31-30(36)32-40(37,38)34-27-14-8-6-12-24(27)25-13-7-9-15-28(25)34/h3-19,26H,20H2,1-2H3,(H2,31,32,36)/t26-/m0/s1. The second-order valence-corrected chi connectivity index (χ2v) is 10.7. The second kappa shape index (κ2) is 11.1. The summed E-state index contributed by atoms with van der Waals surface area (Å²) in [6, 6.07) is 28.1. The number of para-hydroxylation sites is 2. The molecule has 3 amide bonds. The lowest BCUT2D eigenvalue weighted by molar-refractivity contribution is -0.120. The third kappa shape index (κ3) is 5.34. The Morgan fingerprint density at radius 3 is 1.95 bits per heavy atom. The molecule has 0 unspecified atom stereocenters. The van der Waals surface area contributed by atoms with Crippen LogP contribution < -0.4 is 19.7 Å². The molecule has 0 radical (unpaired) electrons. The highest BCUT2D eigenvalue weighted by Gasteiger charge is 2.28. The van der Waals surface area contributed by atoms with Gasteiger partial charge in [-0.05, 0) is 42.0 Å². The van der Waals surface area contributed by atoms with Crippen molar-refractivity contribution in [3.63, 3.8) is 0 Å². The Labute approximate surface area is 232 Å². The highest BCUT2D eigenvalue weighted by atomic mass is 32.2. The molecule has 2 N–H and O–H groups in total. The fraction of sp³-hybridized carbons (Fsp3) is 0.133. The van der Waals surface area contributed by atoms with Crippen molar-refractivity contribution in [2.75, 3.05) is 19.1 Å². The molecule has 9 nitrogen and oxygen atoms in total. The number of carbonyl (C=O) groups excluding carboxylic acids is 2. The summed E-state index contributed by atoms with van der Waals surface area (Å²) in [5.41, 5.74) is 2.25. The Bertz CT molecular complexity index is 1730. The van der Waals surface area contributed by atoms with Crippen LogP contribution in [0.1, 0.15) is 5.56 Å². The van der Waals surface area contributed by atoms with Crippen LogP contribution in [0.4, 0.5) is 10.5 Å². The number of nitrogens with zero attached hydrogens (tertiary/aromatic N) is 2. The number of likely N-dealkylation sites (N-methyl/N-ethyl adjacent to an activating group) is 1. The molecule has 5 aromatic rings. The minimum Gasteiger partial charge on any atom is -0.497 e. The molecule has 0 spiro atoms. The molecule has 40 heavy (non-hydrogen) atoms.